The monoisotopic (exact) mass is 428 g/mol. The molecule has 0 saturated heterocycles. The Balaban J connectivity index is 1.55. The molecular formula is C20H14Cl2N4O3. The number of benzene rings is 2. The fourth-order valence-corrected chi connectivity index (χ4v) is 2.88. The lowest BCUT2D eigenvalue weighted by molar-refractivity contribution is 0.0958. The van der Waals surface area contributed by atoms with Gasteiger partial charge in [-0.1, -0.05) is 23.2 Å². The Labute approximate surface area is 175 Å². The lowest BCUT2D eigenvalue weighted by atomic mass is 10.3. The van der Waals surface area contributed by atoms with Crippen LogP contribution in [0.5, 0.6) is 11.5 Å². The van der Waals surface area contributed by atoms with E-state index < -0.39 is 0 Å². The van der Waals surface area contributed by atoms with Crippen molar-refractivity contribution in [3.05, 3.63) is 70.5 Å². The third kappa shape index (κ3) is 4.26. The second-order valence-corrected chi connectivity index (χ2v) is 6.77. The second-order valence-electron chi connectivity index (χ2n) is 5.96. The van der Waals surface area contributed by atoms with Gasteiger partial charge in [-0.15, -0.1) is 0 Å². The van der Waals surface area contributed by atoms with Crippen LogP contribution in [0.4, 0.5) is 11.7 Å². The Morgan fingerprint density at radius 2 is 1.86 bits per heavy atom. The first kappa shape index (κ1) is 19.0. The van der Waals surface area contributed by atoms with Crippen LogP contribution in [0.3, 0.4) is 0 Å². The van der Waals surface area contributed by atoms with Gasteiger partial charge in [0, 0.05) is 31.1 Å². The quantitative estimate of drug-likeness (QED) is 0.440. The minimum Gasteiger partial charge on any atom is -0.457 e. The first-order valence-electron chi connectivity index (χ1n) is 8.50. The number of fused-ring (bicyclic) bond motifs is 1. The van der Waals surface area contributed by atoms with Crippen molar-refractivity contribution in [3.8, 4) is 11.5 Å². The number of nitrogens with zero attached hydrogens (tertiary/aromatic N) is 2. The predicted molar refractivity (Wildman–Crippen MR) is 111 cm³/mol. The molecule has 0 spiro atoms. The molecule has 0 unspecified atom stereocenters. The van der Waals surface area contributed by atoms with Gasteiger partial charge in [0.2, 0.25) is 0 Å². The average molecular weight is 429 g/mol. The van der Waals surface area contributed by atoms with Crippen molar-refractivity contribution in [1.82, 2.24) is 15.3 Å². The lowest BCUT2D eigenvalue weighted by Crippen LogP contribution is -2.18. The molecule has 2 aromatic heterocycles. The average Bonchev–Trinajstić information content (AvgIpc) is 3.12. The molecule has 2 aromatic carbocycles. The third-order valence-corrected chi connectivity index (χ3v) is 4.70. The SMILES string of the molecule is CNC(=O)c1cc(Oc2ccc3oc(Nc4ccc(Cl)c(Cl)c4)nc3c2)ccn1. The Morgan fingerprint density at radius 1 is 1.03 bits per heavy atom. The van der Waals surface area contributed by atoms with Gasteiger partial charge in [0.15, 0.2) is 5.58 Å². The van der Waals surface area contributed by atoms with Crippen LogP contribution in [0.2, 0.25) is 10.0 Å². The van der Waals surface area contributed by atoms with Crippen LogP contribution >= 0.6 is 23.2 Å². The number of nitrogens with one attached hydrogen (secondary N) is 2. The van der Waals surface area contributed by atoms with E-state index in [-0.39, 0.29) is 11.6 Å². The summed E-state index contributed by atoms with van der Waals surface area (Å²) in [6.07, 6.45) is 1.51. The first-order valence-corrected chi connectivity index (χ1v) is 9.26. The number of amides is 1. The van der Waals surface area contributed by atoms with Crippen molar-refractivity contribution in [2.45, 2.75) is 0 Å². The summed E-state index contributed by atoms with van der Waals surface area (Å²) in [7, 11) is 1.54. The summed E-state index contributed by atoms with van der Waals surface area (Å²) in [5.41, 5.74) is 2.15. The van der Waals surface area contributed by atoms with Crippen LogP contribution in [0.1, 0.15) is 10.5 Å². The molecule has 0 aliphatic carbocycles. The van der Waals surface area contributed by atoms with Crippen molar-refractivity contribution in [2.75, 3.05) is 12.4 Å². The van der Waals surface area contributed by atoms with Gasteiger partial charge < -0.3 is 19.8 Å². The summed E-state index contributed by atoms with van der Waals surface area (Å²) in [5, 5.41) is 6.46. The van der Waals surface area contributed by atoms with Gasteiger partial charge in [0.05, 0.1) is 10.0 Å². The van der Waals surface area contributed by atoms with Crippen LogP contribution in [0.25, 0.3) is 11.1 Å². The Morgan fingerprint density at radius 3 is 2.66 bits per heavy atom. The number of hydrogen-bond donors (Lipinski definition) is 2. The molecule has 2 heterocycles. The molecule has 2 N–H and O–H groups in total. The molecule has 4 rings (SSSR count). The van der Waals surface area contributed by atoms with Gasteiger partial charge in [-0.05, 0) is 36.4 Å². The maximum Gasteiger partial charge on any atom is 0.300 e. The van der Waals surface area contributed by atoms with Crippen molar-refractivity contribution in [1.29, 1.82) is 0 Å². The number of anilines is 2. The van der Waals surface area contributed by atoms with Gasteiger partial charge in [-0.2, -0.15) is 4.98 Å². The van der Waals surface area contributed by atoms with E-state index in [9.17, 15) is 4.79 Å². The largest absolute Gasteiger partial charge is 0.457 e. The Bertz CT molecular complexity index is 1210. The molecule has 0 radical (unpaired) electrons. The van der Waals surface area contributed by atoms with Gasteiger partial charge >= 0.3 is 0 Å². The highest BCUT2D eigenvalue weighted by Crippen LogP contribution is 2.30. The van der Waals surface area contributed by atoms with Gasteiger partial charge in [0.1, 0.15) is 22.7 Å². The Kier molecular flexibility index (Phi) is 5.24. The molecule has 0 atom stereocenters. The second kappa shape index (κ2) is 7.98. The highest BCUT2D eigenvalue weighted by Gasteiger charge is 2.10. The van der Waals surface area contributed by atoms with E-state index in [1.165, 1.54) is 6.20 Å². The van der Waals surface area contributed by atoms with Crippen molar-refractivity contribution in [3.63, 3.8) is 0 Å². The molecule has 0 aliphatic rings. The van der Waals surface area contributed by atoms with Crippen LogP contribution < -0.4 is 15.4 Å². The number of oxazole rings is 1. The van der Waals surface area contributed by atoms with E-state index in [1.54, 1.807) is 55.6 Å². The number of ether oxygens (including phenoxy) is 1. The van der Waals surface area contributed by atoms with Gasteiger partial charge in [0.25, 0.3) is 11.9 Å². The fourth-order valence-electron chi connectivity index (χ4n) is 2.58. The van der Waals surface area contributed by atoms with E-state index in [4.69, 9.17) is 32.4 Å². The minimum absolute atomic E-state index is 0.264. The standard InChI is InChI=1S/C20H14Cl2N4O3/c1-23-19(27)17-10-13(6-7-24-17)28-12-3-5-18-16(9-12)26-20(29-18)25-11-2-4-14(21)15(22)8-11/h2-10H,1H3,(H,23,27)(H,25,26). The van der Waals surface area contributed by atoms with E-state index in [0.29, 0.717) is 44.3 Å². The van der Waals surface area contributed by atoms with E-state index >= 15 is 0 Å². The summed E-state index contributed by atoms with van der Waals surface area (Å²) >= 11 is 12.0. The number of aromatic nitrogens is 2. The first-order chi connectivity index (χ1) is 14.0. The Hall–Kier alpha value is -3.29. The highest BCUT2D eigenvalue weighted by atomic mass is 35.5. The van der Waals surface area contributed by atoms with Crippen LogP contribution in [-0.2, 0) is 0 Å². The fraction of sp³-hybridized carbons (Fsp3) is 0.0500. The van der Waals surface area contributed by atoms with E-state index in [1.807, 2.05) is 0 Å². The van der Waals surface area contributed by atoms with Crippen LogP contribution in [-0.4, -0.2) is 22.9 Å². The number of halogens is 2. The number of carbonyl (C=O) groups is 1. The van der Waals surface area contributed by atoms with Crippen molar-refractivity contribution < 1.29 is 13.9 Å². The third-order valence-electron chi connectivity index (χ3n) is 3.96. The minimum atomic E-state index is -0.291. The molecule has 7 nitrogen and oxygen atoms in total. The molecule has 9 heteroatoms. The highest BCUT2D eigenvalue weighted by molar-refractivity contribution is 6.42. The molecular weight excluding hydrogens is 415 g/mol. The van der Waals surface area contributed by atoms with Crippen LogP contribution in [0, 0.1) is 0 Å². The maximum absolute atomic E-state index is 11.7. The molecule has 29 heavy (non-hydrogen) atoms. The van der Waals surface area contributed by atoms with Crippen molar-refractivity contribution in [2.24, 2.45) is 0 Å². The smallest absolute Gasteiger partial charge is 0.300 e. The molecule has 0 bridgehead atoms. The predicted octanol–water partition coefficient (Wildman–Crippen LogP) is 5.43. The summed E-state index contributed by atoms with van der Waals surface area (Å²) in [4.78, 5) is 20.1. The normalized spacial score (nSPS) is 10.7. The van der Waals surface area contributed by atoms with E-state index in [2.05, 4.69) is 20.6 Å². The number of rotatable bonds is 5. The maximum atomic E-state index is 11.7. The summed E-state index contributed by atoms with van der Waals surface area (Å²) < 4.78 is 11.5. The molecule has 0 fully saturated rings. The lowest BCUT2D eigenvalue weighted by Gasteiger charge is -2.06. The van der Waals surface area contributed by atoms with Crippen molar-refractivity contribution >= 4 is 51.9 Å². The molecule has 146 valence electrons. The van der Waals surface area contributed by atoms with Crippen LogP contribution in [0.15, 0.2) is 59.1 Å². The summed E-state index contributed by atoms with van der Waals surface area (Å²) in [5.74, 6) is 0.733. The topological polar surface area (TPSA) is 89.3 Å². The number of hydrogen-bond acceptors (Lipinski definition) is 6. The zero-order valence-electron chi connectivity index (χ0n) is 15.1. The summed E-state index contributed by atoms with van der Waals surface area (Å²) in [6, 6.07) is 13.9. The molecule has 0 saturated carbocycles. The molecule has 0 aliphatic heterocycles. The molecule has 4 aromatic rings. The number of pyridine rings is 1. The van der Waals surface area contributed by atoms with Gasteiger partial charge in [-0.3, -0.25) is 9.78 Å². The van der Waals surface area contributed by atoms with E-state index in [0.717, 1.165) is 0 Å². The van der Waals surface area contributed by atoms with Gasteiger partial charge in [-0.25, -0.2) is 0 Å². The zero-order chi connectivity index (χ0) is 20.4. The summed E-state index contributed by atoms with van der Waals surface area (Å²) in [6.45, 7) is 0. The molecule has 1 amide bonds. The zero-order valence-corrected chi connectivity index (χ0v) is 16.6. The number of carbonyl (C=O) groups excluding carboxylic acids is 1.